The second kappa shape index (κ2) is 5.15. The van der Waals surface area contributed by atoms with Crippen LogP contribution in [0.1, 0.15) is 22.2 Å². The molecule has 0 aliphatic carbocycles. The lowest BCUT2D eigenvalue weighted by atomic mass is 10.2. The number of aliphatic hydroxyl groups is 1. The van der Waals surface area contributed by atoms with Gasteiger partial charge in [-0.05, 0) is 33.9 Å². The fourth-order valence-electron chi connectivity index (χ4n) is 1.13. The molecule has 1 unspecified atom stereocenters. The summed E-state index contributed by atoms with van der Waals surface area (Å²) < 4.78 is 3.59. The third kappa shape index (κ3) is 2.63. The van der Waals surface area contributed by atoms with Crippen LogP contribution < -0.4 is 5.32 Å². The van der Waals surface area contributed by atoms with Gasteiger partial charge in [0.15, 0.2) is 5.69 Å². The number of carbonyl (C=O) groups is 1. The number of hydrogen-bond donors (Lipinski definition) is 2. The largest absolute Gasteiger partial charge is 0.387 e. The van der Waals surface area contributed by atoms with Crippen LogP contribution in [0.2, 0.25) is 0 Å². The standard InChI is InChI=1S/C9H9N3O2S2/c13-8(6-1-2-15-4-6)3-10-9(14)7-5-16-12-11-7/h1-2,4-5,8,13H,3H2,(H,10,14). The number of thiophene rings is 1. The summed E-state index contributed by atoms with van der Waals surface area (Å²) in [5.74, 6) is -0.317. The van der Waals surface area contributed by atoms with Crippen LogP contribution in [0.25, 0.3) is 0 Å². The molecule has 0 aromatic carbocycles. The second-order valence-corrected chi connectivity index (χ2v) is 4.46. The molecule has 2 heterocycles. The molecule has 0 aliphatic heterocycles. The second-order valence-electron chi connectivity index (χ2n) is 3.07. The summed E-state index contributed by atoms with van der Waals surface area (Å²) in [6.07, 6.45) is -0.679. The molecule has 7 heteroatoms. The van der Waals surface area contributed by atoms with Gasteiger partial charge in [-0.25, -0.2) is 0 Å². The van der Waals surface area contributed by atoms with E-state index in [4.69, 9.17) is 0 Å². The highest BCUT2D eigenvalue weighted by Crippen LogP contribution is 2.15. The maximum atomic E-state index is 11.5. The lowest BCUT2D eigenvalue weighted by Crippen LogP contribution is -2.28. The molecule has 1 amide bonds. The zero-order valence-electron chi connectivity index (χ0n) is 8.16. The predicted octanol–water partition coefficient (Wildman–Crippen LogP) is 1.06. The van der Waals surface area contributed by atoms with E-state index >= 15 is 0 Å². The molecule has 84 valence electrons. The zero-order valence-corrected chi connectivity index (χ0v) is 9.79. The topological polar surface area (TPSA) is 75.1 Å². The smallest absolute Gasteiger partial charge is 0.272 e. The molecule has 0 bridgehead atoms. The molecule has 1 atom stereocenters. The Morgan fingerprint density at radius 1 is 1.56 bits per heavy atom. The van der Waals surface area contributed by atoms with Crippen molar-refractivity contribution in [3.63, 3.8) is 0 Å². The van der Waals surface area contributed by atoms with E-state index in [1.54, 1.807) is 5.38 Å². The summed E-state index contributed by atoms with van der Waals surface area (Å²) in [5, 5.41) is 21.2. The molecule has 0 spiro atoms. The summed E-state index contributed by atoms with van der Waals surface area (Å²) >= 11 is 2.62. The Bertz CT molecular complexity index is 441. The minimum atomic E-state index is -0.679. The molecule has 5 nitrogen and oxygen atoms in total. The average Bonchev–Trinajstić information content (AvgIpc) is 2.95. The van der Waals surface area contributed by atoms with Crippen molar-refractivity contribution >= 4 is 28.8 Å². The number of amides is 1. The Morgan fingerprint density at radius 3 is 3.06 bits per heavy atom. The Hall–Kier alpha value is -1.31. The molecule has 2 N–H and O–H groups in total. The van der Waals surface area contributed by atoms with Crippen LogP contribution in [0, 0.1) is 0 Å². The summed E-state index contributed by atoms with van der Waals surface area (Å²) in [5.41, 5.74) is 1.09. The van der Waals surface area contributed by atoms with Crippen molar-refractivity contribution in [2.24, 2.45) is 0 Å². The normalized spacial score (nSPS) is 12.3. The van der Waals surface area contributed by atoms with Crippen LogP contribution in [-0.4, -0.2) is 27.1 Å². The third-order valence-corrected chi connectivity index (χ3v) is 3.18. The summed E-state index contributed by atoms with van der Waals surface area (Å²) in [7, 11) is 0. The van der Waals surface area contributed by atoms with Crippen LogP contribution in [0.5, 0.6) is 0 Å². The van der Waals surface area contributed by atoms with Crippen molar-refractivity contribution in [1.82, 2.24) is 14.9 Å². The summed E-state index contributed by atoms with van der Waals surface area (Å²) in [6.45, 7) is 0.174. The first-order valence-corrected chi connectivity index (χ1v) is 6.30. The average molecular weight is 255 g/mol. The number of rotatable bonds is 4. The first kappa shape index (κ1) is 11.2. The molecule has 2 rings (SSSR count). The van der Waals surface area contributed by atoms with Crippen molar-refractivity contribution in [3.05, 3.63) is 33.5 Å². The van der Waals surface area contributed by atoms with E-state index in [1.807, 2.05) is 16.8 Å². The van der Waals surface area contributed by atoms with E-state index < -0.39 is 6.10 Å². The van der Waals surface area contributed by atoms with Gasteiger partial charge in [0.1, 0.15) is 0 Å². The number of hydrogen-bond acceptors (Lipinski definition) is 6. The van der Waals surface area contributed by atoms with Gasteiger partial charge in [0.05, 0.1) is 6.10 Å². The van der Waals surface area contributed by atoms with Gasteiger partial charge in [-0.3, -0.25) is 4.79 Å². The van der Waals surface area contributed by atoms with Gasteiger partial charge in [0.25, 0.3) is 5.91 Å². The molecule has 16 heavy (non-hydrogen) atoms. The lowest BCUT2D eigenvalue weighted by Gasteiger charge is -2.09. The maximum absolute atomic E-state index is 11.5. The third-order valence-electron chi connectivity index (χ3n) is 1.98. The van der Waals surface area contributed by atoms with Crippen LogP contribution in [0.4, 0.5) is 0 Å². The SMILES string of the molecule is O=C(NCC(O)c1ccsc1)c1csnn1. The zero-order chi connectivity index (χ0) is 11.4. The Kier molecular flexibility index (Phi) is 3.60. The van der Waals surface area contributed by atoms with Gasteiger partial charge in [-0.1, -0.05) is 4.49 Å². The quantitative estimate of drug-likeness (QED) is 0.856. The Balaban J connectivity index is 1.86. The molecule has 2 aromatic heterocycles. The van der Waals surface area contributed by atoms with Crippen molar-refractivity contribution in [1.29, 1.82) is 0 Å². The fraction of sp³-hybridized carbons (Fsp3) is 0.222. The van der Waals surface area contributed by atoms with E-state index in [-0.39, 0.29) is 18.1 Å². The minimum absolute atomic E-state index is 0.174. The molecule has 0 saturated carbocycles. The van der Waals surface area contributed by atoms with Gasteiger partial charge in [0, 0.05) is 11.9 Å². The molecular weight excluding hydrogens is 246 g/mol. The fourth-order valence-corrected chi connectivity index (χ4v) is 2.27. The molecule has 0 saturated heterocycles. The summed E-state index contributed by atoms with van der Waals surface area (Å²) in [4.78, 5) is 11.5. The molecule has 0 radical (unpaired) electrons. The van der Waals surface area contributed by atoms with Gasteiger partial charge >= 0.3 is 0 Å². The number of nitrogens with one attached hydrogen (secondary N) is 1. The van der Waals surface area contributed by atoms with Crippen LogP contribution >= 0.6 is 22.9 Å². The van der Waals surface area contributed by atoms with E-state index in [1.165, 1.54) is 11.3 Å². The summed E-state index contributed by atoms with van der Waals surface area (Å²) in [6, 6.07) is 1.83. The molecule has 2 aromatic rings. The van der Waals surface area contributed by atoms with E-state index in [2.05, 4.69) is 14.9 Å². The first-order chi connectivity index (χ1) is 7.77. The van der Waals surface area contributed by atoms with Gasteiger partial charge in [-0.2, -0.15) is 11.3 Å². The number of aliphatic hydroxyl groups excluding tert-OH is 1. The Morgan fingerprint density at radius 2 is 2.44 bits per heavy atom. The van der Waals surface area contributed by atoms with E-state index in [9.17, 15) is 9.90 Å². The van der Waals surface area contributed by atoms with Crippen molar-refractivity contribution in [3.8, 4) is 0 Å². The van der Waals surface area contributed by atoms with Crippen LogP contribution in [0.15, 0.2) is 22.2 Å². The number of aromatic nitrogens is 2. The minimum Gasteiger partial charge on any atom is -0.387 e. The van der Waals surface area contributed by atoms with Crippen molar-refractivity contribution < 1.29 is 9.90 Å². The highest BCUT2D eigenvalue weighted by Gasteiger charge is 2.12. The van der Waals surface area contributed by atoms with Crippen molar-refractivity contribution in [2.75, 3.05) is 6.54 Å². The number of nitrogens with zero attached hydrogens (tertiary/aromatic N) is 2. The van der Waals surface area contributed by atoms with Gasteiger partial charge in [-0.15, -0.1) is 5.10 Å². The van der Waals surface area contributed by atoms with Crippen LogP contribution in [0.3, 0.4) is 0 Å². The molecular formula is C9H9N3O2S2. The highest BCUT2D eigenvalue weighted by molar-refractivity contribution is 7.08. The van der Waals surface area contributed by atoms with E-state index in [0.717, 1.165) is 17.1 Å². The van der Waals surface area contributed by atoms with Gasteiger partial charge in [0.2, 0.25) is 0 Å². The van der Waals surface area contributed by atoms with Gasteiger partial charge < -0.3 is 10.4 Å². The Labute approximate surface area is 99.9 Å². The molecule has 0 aliphatic rings. The maximum Gasteiger partial charge on any atom is 0.272 e. The van der Waals surface area contributed by atoms with Crippen LogP contribution in [-0.2, 0) is 0 Å². The molecule has 0 fully saturated rings. The van der Waals surface area contributed by atoms with E-state index in [0.29, 0.717) is 0 Å². The lowest BCUT2D eigenvalue weighted by molar-refractivity contribution is 0.0911. The first-order valence-electron chi connectivity index (χ1n) is 4.53. The highest BCUT2D eigenvalue weighted by atomic mass is 32.1. The predicted molar refractivity (Wildman–Crippen MR) is 61.5 cm³/mol. The monoisotopic (exact) mass is 255 g/mol. The number of carbonyl (C=O) groups excluding carboxylic acids is 1. The van der Waals surface area contributed by atoms with Crippen molar-refractivity contribution in [2.45, 2.75) is 6.10 Å².